The first-order valence-corrected chi connectivity index (χ1v) is 5.35. The van der Waals surface area contributed by atoms with Crippen molar-refractivity contribution >= 4 is 5.91 Å². The lowest BCUT2D eigenvalue weighted by atomic mass is 10.1. The van der Waals surface area contributed by atoms with E-state index in [-0.39, 0.29) is 23.6 Å². The number of phenols is 2. The summed E-state index contributed by atoms with van der Waals surface area (Å²) in [5.74, 6) is 1.44. The smallest absolute Gasteiger partial charge is 0.262 e. The average Bonchev–Trinajstić information content (AvgIpc) is 2.28. The van der Waals surface area contributed by atoms with E-state index in [9.17, 15) is 15.0 Å². The Morgan fingerprint density at radius 2 is 2.00 bits per heavy atom. The van der Waals surface area contributed by atoms with E-state index < -0.39 is 5.91 Å². The fraction of sp³-hybridized carbons (Fsp3) is 0.308. The quantitative estimate of drug-likeness (QED) is 0.776. The Morgan fingerprint density at radius 3 is 2.47 bits per heavy atom. The van der Waals surface area contributed by atoms with Crippen molar-refractivity contribution in [3.63, 3.8) is 0 Å². The van der Waals surface area contributed by atoms with Gasteiger partial charge in [-0.15, -0.1) is 6.42 Å². The number of amides is 1. The van der Waals surface area contributed by atoms with Crippen molar-refractivity contribution in [1.29, 1.82) is 0 Å². The van der Waals surface area contributed by atoms with Crippen LogP contribution in [0.2, 0.25) is 0 Å². The molecule has 0 unspecified atom stereocenters. The third-order valence-electron chi connectivity index (χ3n) is 2.30. The topological polar surface area (TPSA) is 60.8 Å². The van der Waals surface area contributed by atoms with E-state index in [0.29, 0.717) is 6.54 Å². The van der Waals surface area contributed by atoms with Gasteiger partial charge >= 0.3 is 0 Å². The molecule has 2 N–H and O–H groups in total. The second-order valence-electron chi connectivity index (χ2n) is 3.60. The molecule has 0 aromatic heterocycles. The lowest BCUT2D eigenvalue weighted by Gasteiger charge is -2.20. The molecule has 0 spiro atoms. The minimum absolute atomic E-state index is 0.101. The number of benzene rings is 1. The Kier molecular flexibility index (Phi) is 4.41. The van der Waals surface area contributed by atoms with Crippen LogP contribution in [0.5, 0.6) is 11.5 Å². The van der Waals surface area contributed by atoms with Crippen molar-refractivity contribution in [1.82, 2.24) is 4.90 Å². The highest BCUT2D eigenvalue weighted by molar-refractivity contribution is 5.99. The Morgan fingerprint density at radius 1 is 1.41 bits per heavy atom. The largest absolute Gasteiger partial charge is 0.507 e. The van der Waals surface area contributed by atoms with Gasteiger partial charge in [0, 0.05) is 6.54 Å². The second kappa shape index (κ2) is 5.80. The monoisotopic (exact) mass is 233 g/mol. The fourth-order valence-corrected chi connectivity index (χ4v) is 1.54. The number of carbonyl (C=O) groups is 1. The third-order valence-corrected chi connectivity index (χ3v) is 2.30. The van der Waals surface area contributed by atoms with Gasteiger partial charge in [-0.25, -0.2) is 0 Å². The first kappa shape index (κ1) is 12.9. The summed E-state index contributed by atoms with van der Waals surface area (Å²) in [4.78, 5) is 13.5. The number of terminal acetylenes is 1. The summed E-state index contributed by atoms with van der Waals surface area (Å²) in [5.41, 5.74) is -0.101. The minimum Gasteiger partial charge on any atom is -0.507 e. The lowest BCUT2D eigenvalue weighted by Crippen LogP contribution is -2.32. The van der Waals surface area contributed by atoms with Crippen molar-refractivity contribution in [2.45, 2.75) is 13.3 Å². The molecule has 0 atom stereocenters. The van der Waals surface area contributed by atoms with Crippen molar-refractivity contribution in [2.75, 3.05) is 13.1 Å². The standard InChI is InChI=1S/C13H15NO3/c1-3-8-14(9-4-2)13(17)12-10(15)6-5-7-11(12)16/h1,5-7,15-16H,4,8-9H2,2H3. The van der Waals surface area contributed by atoms with E-state index >= 15 is 0 Å². The number of hydrogen-bond donors (Lipinski definition) is 2. The zero-order valence-electron chi connectivity index (χ0n) is 9.68. The second-order valence-corrected chi connectivity index (χ2v) is 3.60. The molecule has 1 amide bonds. The number of nitrogens with zero attached hydrogens (tertiary/aromatic N) is 1. The molecule has 90 valence electrons. The van der Waals surface area contributed by atoms with Gasteiger partial charge in [0.2, 0.25) is 0 Å². The summed E-state index contributed by atoms with van der Waals surface area (Å²) >= 11 is 0. The van der Waals surface area contributed by atoms with Gasteiger partial charge in [-0.2, -0.15) is 0 Å². The van der Waals surface area contributed by atoms with Crippen LogP contribution in [0, 0.1) is 12.3 Å². The maximum absolute atomic E-state index is 12.1. The summed E-state index contributed by atoms with van der Waals surface area (Å²) in [5, 5.41) is 19.2. The molecule has 0 fully saturated rings. The van der Waals surface area contributed by atoms with Crippen molar-refractivity contribution in [2.24, 2.45) is 0 Å². The molecule has 1 aromatic rings. The molecule has 0 heterocycles. The van der Waals surface area contributed by atoms with Crippen molar-refractivity contribution in [3.8, 4) is 23.8 Å². The van der Waals surface area contributed by atoms with Crippen molar-refractivity contribution in [3.05, 3.63) is 23.8 Å². The van der Waals surface area contributed by atoms with E-state index in [1.165, 1.54) is 23.1 Å². The molecule has 4 heteroatoms. The molecule has 17 heavy (non-hydrogen) atoms. The SMILES string of the molecule is C#CCN(CCC)C(=O)c1c(O)cccc1O. The summed E-state index contributed by atoms with van der Waals surface area (Å²) < 4.78 is 0. The van der Waals surface area contributed by atoms with Gasteiger partial charge in [-0.1, -0.05) is 18.9 Å². The van der Waals surface area contributed by atoms with Crippen LogP contribution in [-0.4, -0.2) is 34.1 Å². The molecule has 0 aliphatic rings. The van der Waals surface area contributed by atoms with Crippen LogP contribution in [-0.2, 0) is 0 Å². The highest BCUT2D eigenvalue weighted by atomic mass is 16.3. The van der Waals surface area contributed by atoms with E-state index in [1.54, 1.807) is 0 Å². The third kappa shape index (κ3) is 2.91. The number of carbonyl (C=O) groups excluding carboxylic acids is 1. The van der Waals surface area contributed by atoms with Gasteiger partial charge in [-0.3, -0.25) is 4.79 Å². The van der Waals surface area contributed by atoms with Crippen LogP contribution in [0.3, 0.4) is 0 Å². The maximum Gasteiger partial charge on any atom is 0.262 e. The zero-order valence-corrected chi connectivity index (χ0v) is 9.68. The van der Waals surface area contributed by atoms with E-state index in [2.05, 4.69) is 5.92 Å². The Balaban J connectivity index is 3.05. The summed E-state index contributed by atoms with van der Waals surface area (Å²) in [6.07, 6.45) is 5.93. The van der Waals surface area contributed by atoms with Crippen LogP contribution in [0.4, 0.5) is 0 Å². The normalized spacial score (nSPS) is 9.65. The van der Waals surface area contributed by atoms with Gasteiger partial charge in [0.25, 0.3) is 5.91 Å². The predicted molar refractivity (Wildman–Crippen MR) is 64.8 cm³/mol. The summed E-state index contributed by atoms with van der Waals surface area (Å²) in [6, 6.07) is 4.17. The highest BCUT2D eigenvalue weighted by Crippen LogP contribution is 2.27. The molecule has 0 bridgehead atoms. The molecule has 4 nitrogen and oxygen atoms in total. The summed E-state index contributed by atoms with van der Waals surface area (Å²) in [7, 11) is 0. The van der Waals surface area contributed by atoms with Crippen LogP contribution >= 0.6 is 0 Å². The molecular weight excluding hydrogens is 218 g/mol. The number of phenolic OH excluding ortho intramolecular Hbond substituents is 2. The van der Waals surface area contributed by atoms with Gasteiger partial charge in [0.05, 0.1) is 6.54 Å². The number of rotatable bonds is 4. The average molecular weight is 233 g/mol. The lowest BCUT2D eigenvalue weighted by molar-refractivity contribution is 0.0770. The zero-order chi connectivity index (χ0) is 12.8. The van der Waals surface area contributed by atoms with Crippen LogP contribution < -0.4 is 0 Å². The molecule has 0 aliphatic carbocycles. The van der Waals surface area contributed by atoms with Crippen LogP contribution in [0.1, 0.15) is 23.7 Å². The molecule has 0 saturated carbocycles. The van der Waals surface area contributed by atoms with Gasteiger partial charge in [0.1, 0.15) is 17.1 Å². The van der Waals surface area contributed by atoms with Crippen molar-refractivity contribution < 1.29 is 15.0 Å². The predicted octanol–water partition coefficient (Wildman–Crippen LogP) is 1.58. The van der Waals surface area contributed by atoms with E-state index in [0.717, 1.165) is 6.42 Å². The molecule has 1 aromatic carbocycles. The fourth-order valence-electron chi connectivity index (χ4n) is 1.54. The Labute approximate surface area is 100 Å². The van der Waals surface area contributed by atoms with Crippen LogP contribution in [0.15, 0.2) is 18.2 Å². The molecule has 0 saturated heterocycles. The molecular formula is C13H15NO3. The molecule has 0 aliphatic heterocycles. The van der Waals surface area contributed by atoms with Crippen LogP contribution in [0.25, 0.3) is 0 Å². The number of hydrogen-bond acceptors (Lipinski definition) is 3. The minimum atomic E-state index is -0.458. The summed E-state index contributed by atoms with van der Waals surface area (Å²) in [6.45, 7) is 2.55. The number of aromatic hydroxyl groups is 2. The first-order chi connectivity index (χ1) is 8.11. The van der Waals surface area contributed by atoms with Gasteiger partial charge < -0.3 is 15.1 Å². The van der Waals surface area contributed by atoms with E-state index in [1.807, 2.05) is 6.92 Å². The molecule has 0 radical (unpaired) electrons. The Bertz CT molecular complexity index is 428. The molecule has 1 rings (SSSR count). The first-order valence-electron chi connectivity index (χ1n) is 5.35. The maximum atomic E-state index is 12.1. The Hall–Kier alpha value is -2.15. The van der Waals surface area contributed by atoms with Gasteiger partial charge in [-0.05, 0) is 18.6 Å². The highest BCUT2D eigenvalue weighted by Gasteiger charge is 2.21. The van der Waals surface area contributed by atoms with E-state index in [4.69, 9.17) is 6.42 Å². The van der Waals surface area contributed by atoms with Gasteiger partial charge in [0.15, 0.2) is 0 Å².